The Balaban J connectivity index is 1.42. The number of benzene rings is 2. The van der Waals surface area contributed by atoms with E-state index in [0.717, 1.165) is 16.8 Å². The van der Waals surface area contributed by atoms with Gasteiger partial charge in [0.2, 0.25) is 0 Å². The molecule has 1 aliphatic rings. The van der Waals surface area contributed by atoms with E-state index in [2.05, 4.69) is 10.4 Å². The summed E-state index contributed by atoms with van der Waals surface area (Å²) in [5.74, 6) is -0.813. The van der Waals surface area contributed by atoms with Gasteiger partial charge < -0.3 is 14.8 Å². The second kappa shape index (κ2) is 10.8. The summed E-state index contributed by atoms with van der Waals surface area (Å²) in [6.07, 6.45) is 0.521. The van der Waals surface area contributed by atoms with E-state index in [4.69, 9.17) is 9.47 Å². The first-order chi connectivity index (χ1) is 16.5. The number of ether oxygens (including phenoxy) is 2. The molecule has 0 radical (unpaired) electrons. The Morgan fingerprint density at radius 3 is 2.50 bits per heavy atom. The summed E-state index contributed by atoms with van der Waals surface area (Å²) < 4.78 is 10.3. The van der Waals surface area contributed by atoms with Gasteiger partial charge in [0.05, 0.1) is 23.7 Å². The van der Waals surface area contributed by atoms with Crippen LogP contribution in [0.2, 0.25) is 0 Å². The Bertz CT molecular complexity index is 1180. The van der Waals surface area contributed by atoms with Gasteiger partial charge in [0.1, 0.15) is 12.3 Å². The highest BCUT2D eigenvalue weighted by molar-refractivity contribution is 7.12. The van der Waals surface area contributed by atoms with E-state index in [1.54, 1.807) is 24.6 Å². The van der Waals surface area contributed by atoms with Gasteiger partial charge in [-0.05, 0) is 34.7 Å². The largest absolute Gasteiger partial charge is 0.497 e. The van der Waals surface area contributed by atoms with E-state index in [-0.39, 0.29) is 18.5 Å². The molecule has 0 bridgehead atoms. The van der Waals surface area contributed by atoms with Crippen molar-refractivity contribution >= 4 is 34.8 Å². The van der Waals surface area contributed by atoms with Gasteiger partial charge in [-0.15, -0.1) is 11.3 Å². The fourth-order valence-corrected chi connectivity index (χ4v) is 4.18. The van der Waals surface area contributed by atoms with Crippen molar-refractivity contribution in [2.24, 2.45) is 5.10 Å². The molecule has 1 N–H and O–H groups in total. The summed E-state index contributed by atoms with van der Waals surface area (Å²) in [5.41, 5.74) is 2.58. The SMILES string of the molecule is COc1ccc(C2CC(c3ccccc3)=NN2C(=O)COC(=O)CNC(=O)c2cccs2)cc1. The molecule has 1 aromatic heterocycles. The maximum atomic E-state index is 13.0. The summed E-state index contributed by atoms with van der Waals surface area (Å²) in [6.45, 7) is -0.809. The number of hydrogen-bond acceptors (Lipinski definition) is 7. The molecular weight excluding hydrogens is 454 g/mol. The smallest absolute Gasteiger partial charge is 0.325 e. The van der Waals surface area contributed by atoms with Gasteiger partial charge >= 0.3 is 5.97 Å². The molecule has 8 nitrogen and oxygen atoms in total. The molecule has 0 spiro atoms. The number of thiophene rings is 1. The fraction of sp³-hybridized carbons (Fsp3) is 0.200. The van der Waals surface area contributed by atoms with Crippen molar-refractivity contribution in [2.45, 2.75) is 12.5 Å². The molecule has 1 atom stereocenters. The van der Waals surface area contributed by atoms with Gasteiger partial charge in [-0.3, -0.25) is 14.4 Å². The van der Waals surface area contributed by atoms with Crippen LogP contribution in [0.15, 0.2) is 77.2 Å². The number of nitrogens with one attached hydrogen (secondary N) is 1. The fourth-order valence-electron chi connectivity index (χ4n) is 3.54. The summed E-state index contributed by atoms with van der Waals surface area (Å²) in [4.78, 5) is 37.5. The van der Waals surface area contributed by atoms with E-state index in [9.17, 15) is 14.4 Å². The van der Waals surface area contributed by atoms with Crippen LogP contribution in [0.1, 0.15) is 33.3 Å². The lowest BCUT2D eigenvalue weighted by Crippen LogP contribution is -2.34. The topological polar surface area (TPSA) is 97.3 Å². The first-order valence-electron chi connectivity index (χ1n) is 10.6. The van der Waals surface area contributed by atoms with Crippen LogP contribution in [0.4, 0.5) is 0 Å². The second-order valence-corrected chi connectivity index (χ2v) is 8.41. The van der Waals surface area contributed by atoms with Crippen molar-refractivity contribution in [3.8, 4) is 5.75 Å². The number of esters is 1. The predicted molar refractivity (Wildman–Crippen MR) is 128 cm³/mol. The minimum absolute atomic E-state index is 0.329. The zero-order valence-corrected chi connectivity index (χ0v) is 19.3. The van der Waals surface area contributed by atoms with Crippen LogP contribution in [0.3, 0.4) is 0 Å². The first kappa shape index (κ1) is 23.2. The minimum atomic E-state index is -0.703. The molecular formula is C25H23N3O5S. The van der Waals surface area contributed by atoms with Crippen LogP contribution in [0.25, 0.3) is 0 Å². The van der Waals surface area contributed by atoms with Gasteiger partial charge in [0, 0.05) is 6.42 Å². The summed E-state index contributed by atoms with van der Waals surface area (Å²) in [5, 5.41) is 10.2. The van der Waals surface area contributed by atoms with E-state index < -0.39 is 18.5 Å². The molecule has 0 aliphatic carbocycles. The van der Waals surface area contributed by atoms with Crippen molar-refractivity contribution in [3.63, 3.8) is 0 Å². The Hall–Kier alpha value is -3.98. The molecule has 1 aliphatic heterocycles. The lowest BCUT2D eigenvalue weighted by molar-refractivity contribution is -0.152. The number of methoxy groups -OCH3 is 1. The molecule has 1 unspecified atom stereocenters. The summed E-state index contributed by atoms with van der Waals surface area (Å²) in [6, 6.07) is 20.1. The van der Waals surface area contributed by atoms with Crippen LogP contribution in [0, 0.1) is 0 Å². The number of carbonyl (C=O) groups is 3. The quantitative estimate of drug-likeness (QED) is 0.502. The monoisotopic (exact) mass is 477 g/mol. The van der Waals surface area contributed by atoms with Gasteiger partial charge in [0.15, 0.2) is 6.61 Å². The van der Waals surface area contributed by atoms with Crippen molar-refractivity contribution in [2.75, 3.05) is 20.3 Å². The third-order valence-electron chi connectivity index (χ3n) is 5.27. The normalized spacial score (nSPS) is 14.9. The molecule has 174 valence electrons. The minimum Gasteiger partial charge on any atom is -0.497 e. The van der Waals surface area contributed by atoms with E-state index >= 15 is 0 Å². The molecule has 2 aromatic carbocycles. The Morgan fingerprint density at radius 1 is 1.06 bits per heavy atom. The summed E-state index contributed by atoms with van der Waals surface area (Å²) in [7, 11) is 1.59. The van der Waals surface area contributed by atoms with Crippen LogP contribution < -0.4 is 10.1 Å². The van der Waals surface area contributed by atoms with Crippen molar-refractivity contribution in [3.05, 3.63) is 88.1 Å². The molecule has 3 aromatic rings. The maximum Gasteiger partial charge on any atom is 0.325 e. The zero-order chi connectivity index (χ0) is 23.9. The third-order valence-corrected chi connectivity index (χ3v) is 6.14. The molecule has 2 amide bonds. The van der Waals surface area contributed by atoms with Gasteiger partial charge in [-0.1, -0.05) is 48.5 Å². The van der Waals surface area contributed by atoms with E-state index in [1.807, 2.05) is 54.6 Å². The lowest BCUT2D eigenvalue weighted by atomic mass is 9.98. The van der Waals surface area contributed by atoms with Crippen molar-refractivity contribution in [1.29, 1.82) is 0 Å². The van der Waals surface area contributed by atoms with Crippen LogP contribution in [-0.4, -0.2) is 48.8 Å². The van der Waals surface area contributed by atoms with E-state index in [1.165, 1.54) is 16.3 Å². The molecule has 0 saturated heterocycles. The average Bonchev–Trinajstić information content (AvgIpc) is 3.57. The molecule has 0 fully saturated rings. The molecule has 2 heterocycles. The maximum absolute atomic E-state index is 13.0. The van der Waals surface area contributed by atoms with E-state index in [0.29, 0.717) is 17.0 Å². The van der Waals surface area contributed by atoms with Gasteiger partial charge in [-0.2, -0.15) is 5.10 Å². The molecule has 4 rings (SSSR count). The standard InChI is InChI=1S/C25H23N3O5S/c1-32-19-11-9-18(10-12-19)21-14-20(17-6-3-2-4-7-17)27-28(21)23(29)16-33-24(30)15-26-25(31)22-8-5-13-34-22/h2-13,21H,14-16H2,1H3,(H,26,31). The van der Waals surface area contributed by atoms with Crippen LogP contribution in [-0.2, 0) is 14.3 Å². The Kier molecular flexibility index (Phi) is 7.34. The number of amides is 2. The number of rotatable bonds is 8. The number of nitrogens with zero attached hydrogens (tertiary/aromatic N) is 2. The number of hydrogen-bond donors (Lipinski definition) is 1. The van der Waals surface area contributed by atoms with Crippen molar-refractivity contribution in [1.82, 2.24) is 10.3 Å². The Labute approximate surface area is 200 Å². The second-order valence-electron chi connectivity index (χ2n) is 7.46. The van der Waals surface area contributed by atoms with Crippen LogP contribution in [0.5, 0.6) is 5.75 Å². The first-order valence-corrected chi connectivity index (χ1v) is 11.5. The third kappa shape index (κ3) is 5.49. The van der Waals surface area contributed by atoms with Crippen molar-refractivity contribution < 1.29 is 23.9 Å². The Morgan fingerprint density at radius 2 is 1.82 bits per heavy atom. The molecule has 0 saturated carbocycles. The highest BCUT2D eigenvalue weighted by Crippen LogP contribution is 2.33. The van der Waals surface area contributed by atoms with Gasteiger partial charge in [-0.25, -0.2) is 5.01 Å². The molecule has 9 heteroatoms. The average molecular weight is 478 g/mol. The highest BCUT2D eigenvalue weighted by Gasteiger charge is 2.33. The summed E-state index contributed by atoms with van der Waals surface area (Å²) >= 11 is 1.27. The zero-order valence-electron chi connectivity index (χ0n) is 18.5. The lowest BCUT2D eigenvalue weighted by Gasteiger charge is -2.22. The number of hydrazone groups is 1. The van der Waals surface area contributed by atoms with Crippen LogP contribution >= 0.6 is 11.3 Å². The van der Waals surface area contributed by atoms with Gasteiger partial charge in [0.25, 0.3) is 11.8 Å². The predicted octanol–water partition coefficient (Wildman–Crippen LogP) is 3.41. The highest BCUT2D eigenvalue weighted by atomic mass is 32.1. The molecule has 34 heavy (non-hydrogen) atoms. The number of carbonyl (C=O) groups excluding carboxylic acids is 3.